The first-order valence-electron chi connectivity index (χ1n) is 13.6. The van der Waals surface area contributed by atoms with Crippen molar-refractivity contribution in [3.05, 3.63) is 142 Å². The highest BCUT2D eigenvalue weighted by Gasteiger charge is 2.27. The summed E-state index contributed by atoms with van der Waals surface area (Å²) in [5, 5.41) is 18.9. The van der Waals surface area contributed by atoms with Crippen LogP contribution in [0.4, 0.5) is 11.4 Å². The van der Waals surface area contributed by atoms with Gasteiger partial charge in [0.25, 0.3) is 11.6 Å². The first kappa shape index (κ1) is 29.5. The quantitative estimate of drug-likeness (QED) is 0.0833. The summed E-state index contributed by atoms with van der Waals surface area (Å²) in [5.41, 5.74) is 3.67. The number of amides is 1. The van der Waals surface area contributed by atoms with Crippen LogP contribution in [0.3, 0.4) is 0 Å². The van der Waals surface area contributed by atoms with Gasteiger partial charge in [-0.15, -0.1) is 0 Å². The lowest BCUT2D eigenvalue weighted by atomic mass is 10.1. The number of para-hydroxylation sites is 1. The van der Waals surface area contributed by atoms with E-state index in [1.54, 1.807) is 67.4 Å². The lowest BCUT2D eigenvalue weighted by Gasteiger charge is -2.17. The molecule has 0 radical (unpaired) electrons. The fraction of sp³-hybridized carbons (Fsp3) is 0.0882. The minimum absolute atomic E-state index is 0.00409. The van der Waals surface area contributed by atoms with Crippen LogP contribution in [-0.4, -0.2) is 33.7 Å². The van der Waals surface area contributed by atoms with E-state index in [9.17, 15) is 19.7 Å². The molecule has 5 rings (SSSR count). The fourth-order valence-electron chi connectivity index (χ4n) is 4.51. The van der Waals surface area contributed by atoms with Gasteiger partial charge >= 0.3 is 5.97 Å². The number of aromatic nitrogens is 2. The summed E-state index contributed by atoms with van der Waals surface area (Å²) in [7, 11) is 1.59. The largest absolute Gasteiger partial charge is 0.497 e. The van der Waals surface area contributed by atoms with Crippen LogP contribution in [0, 0.1) is 17.0 Å². The molecule has 1 aromatic heterocycles. The molecule has 1 heterocycles. The zero-order chi connectivity index (χ0) is 31.1. The Kier molecular flexibility index (Phi) is 8.91. The minimum Gasteiger partial charge on any atom is -0.497 e. The number of nitro benzene ring substituents is 1. The van der Waals surface area contributed by atoms with E-state index < -0.39 is 22.9 Å². The van der Waals surface area contributed by atoms with Gasteiger partial charge in [-0.1, -0.05) is 54.6 Å². The van der Waals surface area contributed by atoms with Gasteiger partial charge in [-0.05, 0) is 61.0 Å². The Balaban J connectivity index is 1.43. The molecule has 1 N–H and O–H groups in total. The average molecular weight is 589 g/mol. The summed E-state index contributed by atoms with van der Waals surface area (Å²) >= 11 is 0. The number of carbonyl (C=O) groups excluding carboxylic acids is 2. The number of ether oxygens (including phenoxy) is 2. The second-order valence-corrected chi connectivity index (χ2v) is 9.77. The molecule has 10 heteroatoms. The first-order valence-corrected chi connectivity index (χ1v) is 13.6. The molecule has 1 amide bonds. The zero-order valence-corrected chi connectivity index (χ0v) is 23.9. The van der Waals surface area contributed by atoms with Gasteiger partial charge in [0, 0.05) is 35.0 Å². The highest BCUT2D eigenvalue weighted by molar-refractivity contribution is 5.99. The van der Waals surface area contributed by atoms with Gasteiger partial charge < -0.3 is 14.8 Å². The highest BCUT2D eigenvalue weighted by Crippen LogP contribution is 2.29. The number of hydrogen-bond acceptors (Lipinski definition) is 7. The van der Waals surface area contributed by atoms with E-state index in [1.165, 1.54) is 18.2 Å². The van der Waals surface area contributed by atoms with Crippen molar-refractivity contribution in [3.8, 4) is 22.7 Å². The maximum atomic E-state index is 13.4. The topological polar surface area (TPSA) is 126 Å². The SMILES string of the molecule is COc1ccc(-c2nn(-c3ccccc3)cc2/C=C/C(=O)O[C@H](C(=O)Nc2ccc(C)cc2[N+](=O)[O-])c2ccccc2)cc1. The monoisotopic (exact) mass is 588 g/mol. The predicted molar refractivity (Wildman–Crippen MR) is 166 cm³/mol. The number of aryl methyl sites for hydroxylation is 1. The molecule has 220 valence electrons. The van der Waals surface area contributed by atoms with E-state index in [1.807, 2.05) is 54.6 Å². The van der Waals surface area contributed by atoms with Gasteiger partial charge in [0.05, 0.1) is 23.4 Å². The molecule has 5 aromatic rings. The molecule has 10 nitrogen and oxygen atoms in total. The second kappa shape index (κ2) is 13.3. The van der Waals surface area contributed by atoms with Crippen molar-refractivity contribution in [2.75, 3.05) is 12.4 Å². The van der Waals surface area contributed by atoms with Crippen LogP contribution >= 0.6 is 0 Å². The normalized spacial score (nSPS) is 11.6. The van der Waals surface area contributed by atoms with E-state index in [0.717, 1.165) is 11.3 Å². The highest BCUT2D eigenvalue weighted by atomic mass is 16.6. The number of methoxy groups -OCH3 is 1. The van der Waals surface area contributed by atoms with Crippen molar-refractivity contribution >= 4 is 29.3 Å². The molecule has 44 heavy (non-hydrogen) atoms. The summed E-state index contributed by atoms with van der Waals surface area (Å²) in [5.74, 6) is -0.834. The summed E-state index contributed by atoms with van der Waals surface area (Å²) in [6.07, 6.45) is 3.20. The summed E-state index contributed by atoms with van der Waals surface area (Å²) in [6.45, 7) is 1.71. The predicted octanol–water partition coefficient (Wildman–Crippen LogP) is 6.70. The Morgan fingerprint density at radius 1 is 0.955 bits per heavy atom. The van der Waals surface area contributed by atoms with E-state index in [4.69, 9.17) is 14.6 Å². The second-order valence-electron chi connectivity index (χ2n) is 9.77. The number of nitrogens with one attached hydrogen (secondary N) is 1. The van der Waals surface area contributed by atoms with Gasteiger partial charge in [0.1, 0.15) is 11.4 Å². The van der Waals surface area contributed by atoms with E-state index in [0.29, 0.717) is 28.1 Å². The molecule has 0 spiro atoms. The molecule has 0 unspecified atom stereocenters. The van der Waals surface area contributed by atoms with Crippen LogP contribution in [0.5, 0.6) is 5.75 Å². The smallest absolute Gasteiger partial charge is 0.331 e. The molecular formula is C34H28N4O6. The molecular weight excluding hydrogens is 560 g/mol. The number of benzene rings is 4. The summed E-state index contributed by atoms with van der Waals surface area (Å²) in [6, 6.07) is 29.8. The molecule has 1 atom stereocenters. The number of hydrogen-bond donors (Lipinski definition) is 1. The third-order valence-electron chi connectivity index (χ3n) is 6.71. The van der Waals surface area contributed by atoms with E-state index in [2.05, 4.69) is 5.32 Å². The van der Waals surface area contributed by atoms with Crippen molar-refractivity contribution in [1.29, 1.82) is 0 Å². The van der Waals surface area contributed by atoms with Crippen molar-refractivity contribution in [2.45, 2.75) is 13.0 Å². The van der Waals surface area contributed by atoms with Crippen LogP contribution in [0.25, 0.3) is 23.0 Å². The summed E-state index contributed by atoms with van der Waals surface area (Å²) in [4.78, 5) is 37.5. The van der Waals surface area contributed by atoms with Crippen LogP contribution in [-0.2, 0) is 14.3 Å². The average Bonchev–Trinajstić information content (AvgIpc) is 3.48. The third kappa shape index (κ3) is 6.88. The molecule has 0 aliphatic carbocycles. The van der Waals surface area contributed by atoms with Crippen molar-refractivity contribution < 1.29 is 24.0 Å². The number of nitro groups is 1. The Morgan fingerprint density at radius 3 is 2.30 bits per heavy atom. The Bertz CT molecular complexity index is 1820. The molecule has 0 saturated heterocycles. The van der Waals surface area contributed by atoms with Crippen LogP contribution in [0.1, 0.15) is 22.8 Å². The van der Waals surface area contributed by atoms with Crippen LogP contribution < -0.4 is 10.1 Å². The number of anilines is 1. The number of rotatable bonds is 10. The van der Waals surface area contributed by atoms with Gasteiger partial charge in [0.2, 0.25) is 6.10 Å². The Hall–Kier alpha value is -6.03. The minimum atomic E-state index is -1.37. The van der Waals surface area contributed by atoms with Crippen LogP contribution in [0.2, 0.25) is 0 Å². The number of carbonyl (C=O) groups is 2. The summed E-state index contributed by atoms with van der Waals surface area (Å²) < 4.78 is 12.6. The van der Waals surface area contributed by atoms with E-state index >= 15 is 0 Å². The zero-order valence-electron chi connectivity index (χ0n) is 23.9. The standard InChI is InChI=1S/C34H28N4O6/c1-23-13-19-29(30(21-23)38(41)42)35-34(40)33(25-9-5-3-6-10-25)44-31(39)20-16-26-22-37(27-11-7-4-8-12-27)36-32(26)24-14-17-28(43-2)18-15-24/h3-22,33H,1-2H3,(H,35,40)/b20-16+/t33-/m0/s1. The van der Waals surface area contributed by atoms with Gasteiger partial charge in [-0.25, -0.2) is 9.48 Å². The van der Waals surface area contributed by atoms with Crippen molar-refractivity contribution in [3.63, 3.8) is 0 Å². The third-order valence-corrected chi connectivity index (χ3v) is 6.71. The van der Waals surface area contributed by atoms with Crippen molar-refractivity contribution in [2.24, 2.45) is 0 Å². The van der Waals surface area contributed by atoms with Gasteiger partial charge in [-0.2, -0.15) is 5.10 Å². The van der Waals surface area contributed by atoms with Crippen LogP contribution in [0.15, 0.2) is 115 Å². The molecule has 0 aliphatic rings. The molecule has 0 fully saturated rings. The Labute approximate surface area is 253 Å². The fourth-order valence-corrected chi connectivity index (χ4v) is 4.51. The molecule has 4 aromatic carbocycles. The maximum Gasteiger partial charge on any atom is 0.331 e. The maximum absolute atomic E-state index is 13.4. The van der Waals surface area contributed by atoms with Gasteiger partial charge in [-0.3, -0.25) is 14.9 Å². The molecule has 0 bridgehead atoms. The van der Waals surface area contributed by atoms with Gasteiger partial charge in [0.15, 0.2) is 0 Å². The lowest BCUT2D eigenvalue weighted by molar-refractivity contribution is -0.384. The Morgan fingerprint density at radius 2 is 1.64 bits per heavy atom. The lowest BCUT2D eigenvalue weighted by Crippen LogP contribution is -2.25. The number of nitrogens with zero attached hydrogens (tertiary/aromatic N) is 3. The van der Waals surface area contributed by atoms with E-state index in [-0.39, 0.29) is 11.4 Å². The first-order chi connectivity index (χ1) is 21.3. The molecule has 0 aliphatic heterocycles. The van der Waals surface area contributed by atoms with Crippen molar-refractivity contribution in [1.82, 2.24) is 9.78 Å². The number of esters is 1. The molecule has 0 saturated carbocycles.